The largest absolute Gasteiger partial charge is 0.491 e. The van der Waals surface area contributed by atoms with Gasteiger partial charge in [0.1, 0.15) is 5.75 Å². The number of carboxylic acids is 1. The minimum absolute atomic E-state index is 0.000857. The highest BCUT2D eigenvalue weighted by Crippen LogP contribution is 2.24. The Balaban J connectivity index is 2.26. The lowest BCUT2D eigenvalue weighted by molar-refractivity contribution is -0.137. The van der Waals surface area contributed by atoms with Gasteiger partial charge in [0.05, 0.1) is 23.5 Å². The molecule has 0 aromatic heterocycles. The average molecular weight is 398 g/mol. The van der Waals surface area contributed by atoms with Crippen molar-refractivity contribution in [1.29, 1.82) is 0 Å². The highest BCUT2D eigenvalue weighted by molar-refractivity contribution is 7.89. The number of ether oxygens (including phenoxy) is 1. The molecule has 6 nitrogen and oxygen atoms in total. The van der Waals surface area contributed by atoms with E-state index in [1.54, 1.807) is 24.3 Å². The summed E-state index contributed by atoms with van der Waals surface area (Å²) >= 11 is 5.78. The molecular weight excluding hydrogens is 378 g/mol. The molecule has 0 fully saturated rings. The number of halogens is 1. The molecule has 26 heavy (non-hydrogen) atoms. The van der Waals surface area contributed by atoms with Crippen LogP contribution in [0.4, 0.5) is 0 Å². The second-order valence-electron chi connectivity index (χ2n) is 5.96. The van der Waals surface area contributed by atoms with E-state index in [1.165, 1.54) is 24.3 Å². The Kier molecular flexibility index (Phi) is 6.63. The average Bonchev–Trinajstić information content (AvgIpc) is 2.54. The van der Waals surface area contributed by atoms with Gasteiger partial charge in [-0.1, -0.05) is 23.7 Å². The summed E-state index contributed by atoms with van der Waals surface area (Å²) in [5.41, 5.74) is 0.529. The van der Waals surface area contributed by atoms with Crippen LogP contribution in [0.5, 0.6) is 5.75 Å². The standard InChI is InChI=1S/C18H20ClNO5S/c1-12(2)25-15-7-3-13(4-8-15)17(11-18(21)22)20-26(23,24)16-9-5-14(19)6-10-16/h3-10,12,17,20H,11H2,1-2H3,(H,21,22). The molecule has 2 aromatic rings. The van der Waals surface area contributed by atoms with Crippen LogP contribution in [0.15, 0.2) is 53.4 Å². The van der Waals surface area contributed by atoms with Crippen molar-refractivity contribution in [3.05, 3.63) is 59.1 Å². The van der Waals surface area contributed by atoms with Gasteiger partial charge in [-0.15, -0.1) is 0 Å². The number of carbonyl (C=O) groups is 1. The van der Waals surface area contributed by atoms with Gasteiger partial charge in [0.25, 0.3) is 0 Å². The van der Waals surface area contributed by atoms with E-state index in [1.807, 2.05) is 13.8 Å². The number of sulfonamides is 1. The highest BCUT2D eigenvalue weighted by atomic mass is 35.5. The van der Waals surface area contributed by atoms with Crippen LogP contribution in [0.1, 0.15) is 31.9 Å². The summed E-state index contributed by atoms with van der Waals surface area (Å²) in [5, 5.41) is 9.55. The van der Waals surface area contributed by atoms with Gasteiger partial charge in [0.2, 0.25) is 10.0 Å². The molecule has 0 amide bonds. The fourth-order valence-corrected chi connectivity index (χ4v) is 3.67. The zero-order chi connectivity index (χ0) is 19.3. The summed E-state index contributed by atoms with van der Waals surface area (Å²) in [6.45, 7) is 3.78. The Morgan fingerprint density at radius 3 is 2.19 bits per heavy atom. The van der Waals surface area contributed by atoms with E-state index in [0.717, 1.165) is 0 Å². The van der Waals surface area contributed by atoms with Crippen LogP contribution in [0.3, 0.4) is 0 Å². The SMILES string of the molecule is CC(C)Oc1ccc(C(CC(=O)O)NS(=O)(=O)c2ccc(Cl)cc2)cc1. The van der Waals surface area contributed by atoms with E-state index in [-0.39, 0.29) is 11.0 Å². The van der Waals surface area contributed by atoms with Gasteiger partial charge in [0.15, 0.2) is 0 Å². The van der Waals surface area contributed by atoms with E-state index in [9.17, 15) is 13.2 Å². The lowest BCUT2D eigenvalue weighted by Gasteiger charge is -2.18. The van der Waals surface area contributed by atoms with Gasteiger partial charge in [-0.3, -0.25) is 4.79 Å². The molecule has 0 aliphatic heterocycles. The van der Waals surface area contributed by atoms with E-state index >= 15 is 0 Å². The van der Waals surface area contributed by atoms with Crippen molar-refractivity contribution in [3.63, 3.8) is 0 Å². The molecule has 8 heteroatoms. The Hall–Kier alpha value is -2.09. The van der Waals surface area contributed by atoms with E-state index < -0.39 is 28.5 Å². The van der Waals surface area contributed by atoms with Crippen molar-refractivity contribution in [3.8, 4) is 5.75 Å². The van der Waals surface area contributed by atoms with Crippen molar-refractivity contribution in [1.82, 2.24) is 4.72 Å². The number of hydrogen-bond donors (Lipinski definition) is 2. The molecule has 0 saturated carbocycles. The first-order valence-electron chi connectivity index (χ1n) is 7.93. The normalized spacial score (nSPS) is 12.8. The molecule has 2 aromatic carbocycles. The maximum atomic E-state index is 12.5. The molecule has 0 saturated heterocycles. The summed E-state index contributed by atoms with van der Waals surface area (Å²) in [5.74, 6) is -0.491. The number of benzene rings is 2. The number of hydrogen-bond acceptors (Lipinski definition) is 4. The van der Waals surface area contributed by atoms with Crippen LogP contribution in [0.25, 0.3) is 0 Å². The summed E-state index contributed by atoms with van der Waals surface area (Å²) in [6, 6.07) is 11.4. The second kappa shape index (κ2) is 8.53. The fraction of sp³-hybridized carbons (Fsp3) is 0.278. The van der Waals surface area contributed by atoms with Gasteiger partial charge in [-0.05, 0) is 55.8 Å². The maximum Gasteiger partial charge on any atom is 0.305 e. The van der Waals surface area contributed by atoms with Gasteiger partial charge < -0.3 is 9.84 Å². The third-order valence-corrected chi connectivity index (χ3v) is 5.19. The minimum Gasteiger partial charge on any atom is -0.491 e. The van der Waals surface area contributed by atoms with E-state index in [4.69, 9.17) is 21.4 Å². The molecule has 0 heterocycles. The quantitative estimate of drug-likeness (QED) is 0.709. The van der Waals surface area contributed by atoms with Crippen molar-refractivity contribution in [2.24, 2.45) is 0 Å². The smallest absolute Gasteiger partial charge is 0.305 e. The van der Waals surface area contributed by atoms with Crippen LogP contribution in [-0.2, 0) is 14.8 Å². The van der Waals surface area contributed by atoms with Gasteiger partial charge in [-0.25, -0.2) is 13.1 Å². The molecule has 0 bridgehead atoms. The molecule has 140 valence electrons. The molecule has 0 aliphatic carbocycles. The third kappa shape index (κ3) is 5.72. The summed E-state index contributed by atoms with van der Waals surface area (Å²) in [7, 11) is -3.90. The Labute approximate surface area is 157 Å². The van der Waals surface area contributed by atoms with Crippen LogP contribution < -0.4 is 9.46 Å². The second-order valence-corrected chi connectivity index (χ2v) is 8.11. The molecular formula is C18H20ClNO5S. The van der Waals surface area contributed by atoms with Gasteiger partial charge in [0, 0.05) is 5.02 Å². The van der Waals surface area contributed by atoms with E-state index in [2.05, 4.69) is 4.72 Å². The summed E-state index contributed by atoms with van der Waals surface area (Å²) in [4.78, 5) is 11.2. The molecule has 2 rings (SSSR count). The predicted octanol–water partition coefficient (Wildman–Crippen LogP) is 3.62. The molecule has 0 aliphatic rings. The Morgan fingerprint density at radius 1 is 1.12 bits per heavy atom. The number of nitrogens with one attached hydrogen (secondary N) is 1. The number of carboxylic acid groups (broad SMARTS) is 1. The van der Waals surface area contributed by atoms with Gasteiger partial charge in [-0.2, -0.15) is 0 Å². The van der Waals surface area contributed by atoms with E-state index in [0.29, 0.717) is 16.3 Å². The molecule has 0 radical (unpaired) electrons. The Morgan fingerprint density at radius 2 is 1.69 bits per heavy atom. The number of rotatable bonds is 8. The lowest BCUT2D eigenvalue weighted by atomic mass is 10.0. The maximum absolute atomic E-state index is 12.5. The lowest BCUT2D eigenvalue weighted by Crippen LogP contribution is -2.30. The highest BCUT2D eigenvalue weighted by Gasteiger charge is 2.23. The summed E-state index contributed by atoms with van der Waals surface area (Å²) < 4.78 is 33.1. The molecule has 1 unspecified atom stereocenters. The minimum atomic E-state index is -3.90. The fourth-order valence-electron chi connectivity index (χ4n) is 2.32. The first-order chi connectivity index (χ1) is 12.2. The van der Waals surface area contributed by atoms with Crippen LogP contribution in [0.2, 0.25) is 5.02 Å². The van der Waals surface area contributed by atoms with Crippen molar-refractivity contribution in [2.75, 3.05) is 0 Å². The van der Waals surface area contributed by atoms with Crippen molar-refractivity contribution in [2.45, 2.75) is 37.3 Å². The van der Waals surface area contributed by atoms with Crippen molar-refractivity contribution < 1.29 is 23.1 Å². The first-order valence-corrected chi connectivity index (χ1v) is 9.80. The first kappa shape index (κ1) is 20.2. The molecule has 2 N–H and O–H groups in total. The van der Waals surface area contributed by atoms with Gasteiger partial charge >= 0.3 is 5.97 Å². The van der Waals surface area contributed by atoms with Crippen LogP contribution in [-0.4, -0.2) is 25.6 Å². The van der Waals surface area contributed by atoms with Crippen LogP contribution >= 0.6 is 11.6 Å². The van der Waals surface area contributed by atoms with Crippen LogP contribution in [0, 0.1) is 0 Å². The Bertz CT molecular complexity index is 848. The zero-order valence-electron chi connectivity index (χ0n) is 14.3. The zero-order valence-corrected chi connectivity index (χ0v) is 15.9. The molecule has 1 atom stereocenters. The topological polar surface area (TPSA) is 92.7 Å². The molecule has 0 spiro atoms. The number of aliphatic carboxylic acids is 1. The monoisotopic (exact) mass is 397 g/mol. The van der Waals surface area contributed by atoms with Crippen molar-refractivity contribution >= 4 is 27.6 Å². The third-order valence-electron chi connectivity index (χ3n) is 3.45. The predicted molar refractivity (Wildman–Crippen MR) is 99.0 cm³/mol. The summed E-state index contributed by atoms with van der Waals surface area (Å²) in [6.07, 6.45) is -0.393.